The van der Waals surface area contributed by atoms with Gasteiger partial charge in [0.15, 0.2) is 0 Å². The first-order chi connectivity index (χ1) is 5.66. The molecule has 0 bridgehead atoms. The Bertz CT molecular complexity index is 209. The van der Waals surface area contributed by atoms with Crippen LogP contribution in [0, 0.1) is 11.3 Å². The summed E-state index contributed by atoms with van der Waals surface area (Å²) >= 11 is 5.42. The summed E-state index contributed by atoms with van der Waals surface area (Å²) in [5.41, 5.74) is 0. The van der Waals surface area contributed by atoms with Crippen LogP contribution in [0.4, 0.5) is 0 Å². The third-order valence-electron chi connectivity index (χ3n) is 0.967. The number of carbonyl (C=O) groups is 1. The number of hydrogen-bond acceptors (Lipinski definition) is 3. The zero-order chi connectivity index (χ0) is 9.40. The van der Waals surface area contributed by atoms with E-state index in [2.05, 4.69) is 17.2 Å². The molecule has 5 heteroatoms. The van der Waals surface area contributed by atoms with Crippen molar-refractivity contribution in [2.45, 2.75) is 0 Å². The molecule has 0 aromatic carbocycles. The van der Waals surface area contributed by atoms with E-state index in [1.54, 1.807) is 6.07 Å². The summed E-state index contributed by atoms with van der Waals surface area (Å²) in [6.07, 6.45) is 0. The summed E-state index contributed by atoms with van der Waals surface area (Å²) in [6, 6.07) is 1.79. The lowest BCUT2D eigenvalue weighted by Gasteiger charge is -2.01. The summed E-state index contributed by atoms with van der Waals surface area (Å²) in [7, 11) is 0. The van der Waals surface area contributed by atoms with Crippen molar-refractivity contribution in [1.82, 2.24) is 10.6 Å². The van der Waals surface area contributed by atoms with Gasteiger partial charge in [-0.15, -0.1) is 0 Å². The number of hydrogen-bond donors (Lipinski definition) is 2. The molecule has 0 saturated carbocycles. The summed E-state index contributed by atoms with van der Waals surface area (Å²) in [5.74, 6) is -0.227. The highest BCUT2D eigenvalue weighted by atomic mass is 35.5. The van der Waals surface area contributed by atoms with E-state index in [9.17, 15) is 4.79 Å². The summed E-state index contributed by atoms with van der Waals surface area (Å²) < 4.78 is 0. The zero-order valence-electron chi connectivity index (χ0n) is 6.56. The normalized spacial score (nSPS) is 8.67. The zero-order valence-corrected chi connectivity index (χ0v) is 7.32. The molecule has 2 N–H and O–H groups in total. The Balaban J connectivity index is 3.33. The Hall–Kier alpha value is -1.05. The van der Waals surface area contributed by atoms with Gasteiger partial charge in [0, 0.05) is 11.6 Å². The fraction of sp³-hybridized carbons (Fsp3) is 0.429. The minimum Gasteiger partial charge on any atom is -0.342 e. The molecule has 12 heavy (non-hydrogen) atoms. The lowest BCUT2D eigenvalue weighted by molar-refractivity contribution is -0.119. The van der Waals surface area contributed by atoms with Crippen LogP contribution in [0.3, 0.4) is 0 Å². The van der Waals surface area contributed by atoms with Gasteiger partial charge in [-0.05, 0) is 0 Å². The molecule has 66 valence electrons. The average Bonchev–Trinajstić information content (AvgIpc) is 2.00. The first-order valence-corrected chi connectivity index (χ1v) is 3.72. The van der Waals surface area contributed by atoms with Crippen molar-refractivity contribution in [1.29, 1.82) is 5.26 Å². The summed E-state index contributed by atoms with van der Waals surface area (Å²) in [6.45, 7) is 4.00. The molecule has 0 saturated heterocycles. The number of halogens is 1. The molecular formula is C7H10ClN3O. The van der Waals surface area contributed by atoms with Gasteiger partial charge in [-0.1, -0.05) is 18.2 Å². The number of nitrogens with zero attached hydrogens (tertiary/aromatic N) is 1. The molecule has 0 fully saturated rings. The Morgan fingerprint density at radius 1 is 1.58 bits per heavy atom. The topological polar surface area (TPSA) is 64.9 Å². The molecule has 0 aromatic rings. The third kappa shape index (κ3) is 7.06. The quantitative estimate of drug-likeness (QED) is 0.594. The Kier molecular flexibility index (Phi) is 6.07. The van der Waals surface area contributed by atoms with E-state index in [0.29, 0.717) is 11.6 Å². The van der Waals surface area contributed by atoms with E-state index >= 15 is 0 Å². The van der Waals surface area contributed by atoms with E-state index in [1.807, 2.05) is 0 Å². The molecule has 0 unspecified atom stereocenters. The Morgan fingerprint density at radius 3 is 2.75 bits per heavy atom. The third-order valence-corrected chi connectivity index (χ3v) is 1.10. The van der Waals surface area contributed by atoms with Crippen LogP contribution in [-0.4, -0.2) is 25.5 Å². The molecule has 1 amide bonds. The van der Waals surface area contributed by atoms with Crippen LogP contribution in [0.1, 0.15) is 0 Å². The van der Waals surface area contributed by atoms with Crippen LogP contribution in [0.2, 0.25) is 0 Å². The maximum Gasteiger partial charge on any atom is 0.234 e. The van der Waals surface area contributed by atoms with E-state index in [1.165, 1.54) is 0 Å². The summed E-state index contributed by atoms with van der Waals surface area (Å²) in [5, 5.41) is 13.7. The number of nitrogens with one attached hydrogen (secondary N) is 2. The first-order valence-electron chi connectivity index (χ1n) is 3.34. The second-order valence-corrected chi connectivity index (χ2v) is 2.59. The van der Waals surface area contributed by atoms with Crippen molar-refractivity contribution in [3.05, 3.63) is 11.6 Å². The van der Waals surface area contributed by atoms with Crippen molar-refractivity contribution in [2.75, 3.05) is 19.6 Å². The molecule has 0 aliphatic rings. The van der Waals surface area contributed by atoms with Gasteiger partial charge in [-0.2, -0.15) is 5.26 Å². The number of amides is 1. The lowest BCUT2D eigenvalue weighted by atomic mass is 10.5. The van der Waals surface area contributed by atoms with Crippen LogP contribution in [0.15, 0.2) is 11.6 Å². The van der Waals surface area contributed by atoms with Crippen molar-refractivity contribution in [3.8, 4) is 6.07 Å². The smallest absolute Gasteiger partial charge is 0.234 e. The second-order valence-electron chi connectivity index (χ2n) is 2.06. The molecule has 0 rings (SSSR count). The SMILES string of the molecule is C=C(Cl)CNCC(=O)NCC#N. The molecule has 0 atom stereocenters. The summed E-state index contributed by atoms with van der Waals surface area (Å²) in [4.78, 5) is 10.8. The van der Waals surface area contributed by atoms with Gasteiger partial charge in [-0.3, -0.25) is 4.79 Å². The predicted octanol–water partition coefficient (Wildman–Crippen LogP) is -0.0317. The van der Waals surface area contributed by atoms with Crippen molar-refractivity contribution in [2.24, 2.45) is 0 Å². The van der Waals surface area contributed by atoms with Gasteiger partial charge in [-0.25, -0.2) is 0 Å². The predicted molar refractivity (Wildman–Crippen MR) is 46.5 cm³/mol. The second kappa shape index (κ2) is 6.65. The first kappa shape index (κ1) is 11.0. The molecule has 0 heterocycles. The highest BCUT2D eigenvalue weighted by Crippen LogP contribution is 1.90. The van der Waals surface area contributed by atoms with E-state index in [-0.39, 0.29) is 19.0 Å². The van der Waals surface area contributed by atoms with Gasteiger partial charge in [0.2, 0.25) is 5.91 Å². The molecule has 0 aliphatic heterocycles. The molecular weight excluding hydrogens is 178 g/mol. The minimum absolute atomic E-state index is 0.0301. The van der Waals surface area contributed by atoms with Crippen LogP contribution >= 0.6 is 11.6 Å². The highest BCUT2D eigenvalue weighted by molar-refractivity contribution is 6.29. The number of nitriles is 1. The highest BCUT2D eigenvalue weighted by Gasteiger charge is 1.97. The van der Waals surface area contributed by atoms with Gasteiger partial charge in [0.25, 0.3) is 0 Å². The van der Waals surface area contributed by atoms with Crippen LogP contribution in [-0.2, 0) is 4.79 Å². The van der Waals surface area contributed by atoms with Crippen LogP contribution in [0.5, 0.6) is 0 Å². The Morgan fingerprint density at radius 2 is 2.25 bits per heavy atom. The minimum atomic E-state index is -0.227. The van der Waals surface area contributed by atoms with E-state index in [4.69, 9.17) is 16.9 Å². The largest absolute Gasteiger partial charge is 0.342 e. The molecule has 4 nitrogen and oxygen atoms in total. The lowest BCUT2D eigenvalue weighted by Crippen LogP contribution is -2.34. The monoisotopic (exact) mass is 187 g/mol. The molecule has 0 aliphatic carbocycles. The van der Waals surface area contributed by atoms with E-state index < -0.39 is 0 Å². The molecule has 0 aromatic heterocycles. The maximum absolute atomic E-state index is 10.8. The van der Waals surface area contributed by atoms with Crippen molar-refractivity contribution < 1.29 is 4.79 Å². The van der Waals surface area contributed by atoms with Crippen LogP contribution < -0.4 is 10.6 Å². The average molecular weight is 188 g/mol. The fourth-order valence-electron chi connectivity index (χ4n) is 0.512. The fourth-order valence-corrected chi connectivity index (χ4v) is 0.607. The van der Waals surface area contributed by atoms with Gasteiger partial charge >= 0.3 is 0 Å². The van der Waals surface area contributed by atoms with Crippen molar-refractivity contribution >= 4 is 17.5 Å². The molecule has 0 spiro atoms. The van der Waals surface area contributed by atoms with Gasteiger partial charge < -0.3 is 10.6 Å². The van der Waals surface area contributed by atoms with Gasteiger partial charge in [0.1, 0.15) is 6.54 Å². The van der Waals surface area contributed by atoms with Gasteiger partial charge in [0.05, 0.1) is 12.6 Å². The number of carbonyl (C=O) groups excluding carboxylic acids is 1. The Labute approximate surface area is 76.2 Å². The van der Waals surface area contributed by atoms with E-state index in [0.717, 1.165) is 0 Å². The van der Waals surface area contributed by atoms with Crippen LogP contribution in [0.25, 0.3) is 0 Å². The van der Waals surface area contributed by atoms with Crippen molar-refractivity contribution in [3.63, 3.8) is 0 Å². The molecule has 0 radical (unpaired) electrons. The maximum atomic E-state index is 10.8. The number of rotatable bonds is 5. The standard InChI is InChI=1S/C7H10ClN3O/c1-6(8)4-10-5-7(12)11-3-2-9/h10H,1,3-5H2,(H,11,12).